The lowest BCUT2D eigenvalue weighted by atomic mass is 9.81. The molecule has 226 valence electrons. The zero-order valence-electron chi connectivity index (χ0n) is 26.7. The molecule has 10 rings (SSSR count). The molecule has 0 atom stereocenters. The first kappa shape index (κ1) is 27.5. The number of benzene rings is 7. The van der Waals surface area contributed by atoms with Crippen LogP contribution in [0.15, 0.2) is 146 Å². The smallest absolute Gasteiger partial charge is 0.0973 e. The summed E-state index contributed by atoms with van der Waals surface area (Å²) in [6, 6.07) is 52.7. The summed E-state index contributed by atoms with van der Waals surface area (Å²) < 4.78 is 2.64. The van der Waals surface area contributed by atoms with Gasteiger partial charge in [0.2, 0.25) is 0 Å². The van der Waals surface area contributed by atoms with Crippen LogP contribution < -0.4 is 0 Å². The van der Waals surface area contributed by atoms with Crippen LogP contribution in [0, 0.1) is 0 Å². The highest BCUT2D eigenvalue weighted by Crippen LogP contribution is 2.51. The fourth-order valence-electron chi connectivity index (χ4n) is 7.79. The Labute approximate surface area is 283 Å². The van der Waals surface area contributed by atoms with E-state index < -0.39 is 0 Å². The highest BCUT2D eigenvalue weighted by atomic mass is 32.1. The molecular formula is C45H30N2S. The molecule has 0 saturated heterocycles. The van der Waals surface area contributed by atoms with Gasteiger partial charge in [0.1, 0.15) is 0 Å². The standard InChI is InChI=1S/C45H30N2S/c1-45(2)36-26-31(22-23-33(36)35-24-29-10-3-4-11-30(29)25-37(35)45)44-43(46-38-14-6-7-15-39(38)47-44)28-20-18-27(19-21-28)32-13-9-17-41-42(32)34-12-5-8-16-40(34)48-41/h3-26H,1-2H3. The van der Waals surface area contributed by atoms with Crippen LogP contribution in [0.3, 0.4) is 0 Å². The van der Waals surface area contributed by atoms with E-state index in [0.717, 1.165) is 33.5 Å². The summed E-state index contributed by atoms with van der Waals surface area (Å²) in [7, 11) is 0. The molecule has 2 aromatic heterocycles. The largest absolute Gasteiger partial charge is 0.244 e. The van der Waals surface area contributed by atoms with Crippen LogP contribution in [-0.4, -0.2) is 9.97 Å². The first-order chi connectivity index (χ1) is 23.5. The van der Waals surface area contributed by atoms with Crippen LogP contribution in [0.4, 0.5) is 0 Å². The minimum Gasteiger partial charge on any atom is -0.244 e. The summed E-state index contributed by atoms with van der Waals surface area (Å²) in [6.07, 6.45) is 0. The van der Waals surface area contributed by atoms with Gasteiger partial charge >= 0.3 is 0 Å². The van der Waals surface area contributed by atoms with Gasteiger partial charge in [-0.3, -0.25) is 0 Å². The maximum Gasteiger partial charge on any atom is 0.0973 e. The molecule has 1 aliphatic carbocycles. The Bertz CT molecular complexity index is 2750. The van der Waals surface area contributed by atoms with Crippen LogP contribution >= 0.6 is 11.3 Å². The van der Waals surface area contributed by atoms with Crippen molar-refractivity contribution < 1.29 is 0 Å². The van der Waals surface area contributed by atoms with E-state index in [1.54, 1.807) is 0 Å². The number of rotatable bonds is 3. The lowest BCUT2D eigenvalue weighted by Crippen LogP contribution is -2.15. The number of hydrogen-bond acceptors (Lipinski definition) is 3. The molecule has 0 bridgehead atoms. The number of hydrogen-bond donors (Lipinski definition) is 0. The highest BCUT2D eigenvalue weighted by molar-refractivity contribution is 7.25. The molecule has 1 aliphatic rings. The van der Waals surface area contributed by atoms with Crippen molar-refractivity contribution in [3.05, 3.63) is 157 Å². The zero-order chi connectivity index (χ0) is 32.0. The van der Waals surface area contributed by atoms with Crippen LogP contribution in [0.25, 0.3) is 86.7 Å². The average Bonchev–Trinajstić information content (AvgIpc) is 3.62. The van der Waals surface area contributed by atoms with Crippen LogP contribution in [0.2, 0.25) is 0 Å². The predicted octanol–water partition coefficient (Wildman–Crippen LogP) is 12.5. The number of aromatic nitrogens is 2. The van der Waals surface area contributed by atoms with Crippen molar-refractivity contribution in [1.82, 2.24) is 9.97 Å². The summed E-state index contributed by atoms with van der Waals surface area (Å²) in [4.78, 5) is 10.5. The molecule has 2 nitrogen and oxygen atoms in total. The molecule has 0 spiro atoms. The second kappa shape index (κ2) is 10.2. The molecule has 7 aromatic carbocycles. The minimum absolute atomic E-state index is 0.135. The third-order valence-corrected chi connectivity index (χ3v) is 11.4. The van der Waals surface area contributed by atoms with Gasteiger partial charge in [-0.2, -0.15) is 0 Å². The summed E-state index contributed by atoms with van der Waals surface area (Å²) in [5.74, 6) is 0. The Morgan fingerprint density at radius 1 is 0.458 bits per heavy atom. The summed E-state index contributed by atoms with van der Waals surface area (Å²) in [6.45, 7) is 4.69. The van der Waals surface area contributed by atoms with Gasteiger partial charge in [0, 0.05) is 36.7 Å². The van der Waals surface area contributed by atoms with E-state index in [4.69, 9.17) is 9.97 Å². The number of para-hydroxylation sites is 2. The average molecular weight is 631 g/mol. The Hall–Kier alpha value is -5.64. The van der Waals surface area contributed by atoms with E-state index in [2.05, 4.69) is 147 Å². The minimum atomic E-state index is -0.135. The summed E-state index contributed by atoms with van der Waals surface area (Å²) in [5.41, 5.74) is 13.4. The maximum absolute atomic E-state index is 5.28. The van der Waals surface area contributed by atoms with Gasteiger partial charge in [-0.25, -0.2) is 9.97 Å². The van der Waals surface area contributed by atoms with E-state index >= 15 is 0 Å². The Morgan fingerprint density at radius 2 is 1.06 bits per heavy atom. The predicted molar refractivity (Wildman–Crippen MR) is 204 cm³/mol. The van der Waals surface area contributed by atoms with E-state index in [9.17, 15) is 0 Å². The first-order valence-corrected chi connectivity index (χ1v) is 17.3. The van der Waals surface area contributed by atoms with Crippen molar-refractivity contribution in [1.29, 1.82) is 0 Å². The number of thiophene rings is 1. The lowest BCUT2D eigenvalue weighted by Gasteiger charge is -2.22. The van der Waals surface area contributed by atoms with Crippen molar-refractivity contribution in [3.8, 4) is 44.8 Å². The molecule has 9 aromatic rings. The molecule has 0 saturated carbocycles. The molecule has 3 heteroatoms. The molecule has 0 radical (unpaired) electrons. The molecule has 0 N–H and O–H groups in total. The third kappa shape index (κ3) is 4.04. The van der Waals surface area contributed by atoms with Gasteiger partial charge in [0.15, 0.2) is 0 Å². The van der Waals surface area contributed by atoms with Crippen molar-refractivity contribution >= 4 is 53.3 Å². The van der Waals surface area contributed by atoms with Gasteiger partial charge in [-0.1, -0.05) is 117 Å². The van der Waals surface area contributed by atoms with E-state index in [1.807, 2.05) is 23.5 Å². The Kier molecular flexibility index (Phi) is 5.82. The van der Waals surface area contributed by atoms with Crippen LogP contribution in [-0.2, 0) is 5.41 Å². The molecular weight excluding hydrogens is 601 g/mol. The fraction of sp³-hybridized carbons (Fsp3) is 0.0667. The summed E-state index contributed by atoms with van der Waals surface area (Å²) in [5, 5.41) is 5.20. The molecule has 2 heterocycles. The topological polar surface area (TPSA) is 25.8 Å². The monoisotopic (exact) mass is 630 g/mol. The van der Waals surface area contributed by atoms with Gasteiger partial charge in [0.25, 0.3) is 0 Å². The zero-order valence-corrected chi connectivity index (χ0v) is 27.5. The quantitative estimate of drug-likeness (QED) is 0.194. The third-order valence-electron chi connectivity index (χ3n) is 10.3. The van der Waals surface area contributed by atoms with E-state index in [-0.39, 0.29) is 5.41 Å². The summed E-state index contributed by atoms with van der Waals surface area (Å²) >= 11 is 1.86. The van der Waals surface area contributed by atoms with E-state index in [0.29, 0.717) is 0 Å². The normalized spacial score (nSPS) is 13.4. The molecule has 0 aliphatic heterocycles. The molecule has 0 unspecified atom stereocenters. The molecule has 48 heavy (non-hydrogen) atoms. The lowest BCUT2D eigenvalue weighted by molar-refractivity contribution is 0.661. The second-order valence-corrected chi connectivity index (χ2v) is 14.5. The molecule has 0 amide bonds. The van der Waals surface area contributed by atoms with Crippen molar-refractivity contribution in [2.75, 3.05) is 0 Å². The Balaban J connectivity index is 1.12. The van der Waals surface area contributed by atoms with Gasteiger partial charge < -0.3 is 0 Å². The maximum atomic E-state index is 5.28. The second-order valence-electron chi connectivity index (χ2n) is 13.4. The fourth-order valence-corrected chi connectivity index (χ4v) is 8.93. The van der Waals surface area contributed by atoms with Gasteiger partial charge in [0.05, 0.1) is 22.4 Å². The van der Waals surface area contributed by atoms with Crippen molar-refractivity contribution in [2.45, 2.75) is 19.3 Å². The number of fused-ring (bicyclic) bond motifs is 8. The number of nitrogens with zero attached hydrogens (tertiary/aromatic N) is 2. The highest BCUT2D eigenvalue weighted by Gasteiger charge is 2.36. The first-order valence-electron chi connectivity index (χ1n) is 16.5. The van der Waals surface area contributed by atoms with Gasteiger partial charge in [-0.05, 0) is 86.6 Å². The van der Waals surface area contributed by atoms with Crippen LogP contribution in [0.5, 0.6) is 0 Å². The van der Waals surface area contributed by atoms with Gasteiger partial charge in [-0.15, -0.1) is 11.3 Å². The molecule has 0 fully saturated rings. The van der Waals surface area contributed by atoms with Crippen molar-refractivity contribution in [2.24, 2.45) is 0 Å². The van der Waals surface area contributed by atoms with Crippen LogP contribution in [0.1, 0.15) is 25.0 Å². The van der Waals surface area contributed by atoms with Crippen molar-refractivity contribution in [3.63, 3.8) is 0 Å². The SMILES string of the molecule is CC1(C)c2cc(-c3nc4ccccc4nc3-c3ccc(-c4cccc5sc6ccccc6c45)cc3)ccc2-c2cc3ccccc3cc21. The van der Waals surface area contributed by atoms with E-state index in [1.165, 1.54) is 64.3 Å². The Morgan fingerprint density at radius 3 is 1.85 bits per heavy atom.